The molecule has 1 aliphatic carbocycles. The maximum Gasteiger partial charge on any atom is 0.241 e. The van der Waals surface area contributed by atoms with E-state index in [1.807, 2.05) is 37.3 Å². The molecule has 1 atom stereocenters. The van der Waals surface area contributed by atoms with Gasteiger partial charge in [0.05, 0.1) is 6.04 Å². The predicted octanol–water partition coefficient (Wildman–Crippen LogP) is 1.65. The number of amides is 2. The molecule has 21 heavy (non-hydrogen) atoms. The Morgan fingerprint density at radius 1 is 1.14 bits per heavy atom. The summed E-state index contributed by atoms with van der Waals surface area (Å²) in [5, 5.41) is 6.22. The van der Waals surface area contributed by atoms with Crippen LogP contribution in [0.3, 0.4) is 0 Å². The molecule has 0 radical (unpaired) electrons. The Morgan fingerprint density at radius 2 is 1.76 bits per heavy atom. The van der Waals surface area contributed by atoms with Gasteiger partial charge in [-0.15, -0.1) is 0 Å². The third-order valence-electron chi connectivity index (χ3n) is 4.05. The molecule has 1 aliphatic rings. The van der Waals surface area contributed by atoms with Crippen molar-refractivity contribution in [3.8, 4) is 0 Å². The molecule has 2 amide bonds. The molecular weight excluding hydrogens is 266 g/mol. The van der Waals surface area contributed by atoms with Crippen LogP contribution in [-0.4, -0.2) is 23.9 Å². The summed E-state index contributed by atoms with van der Waals surface area (Å²) >= 11 is 0. The summed E-state index contributed by atoms with van der Waals surface area (Å²) in [5.74, 6) is -0.252. The van der Waals surface area contributed by atoms with Crippen LogP contribution in [0.5, 0.6) is 0 Å². The van der Waals surface area contributed by atoms with Crippen molar-refractivity contribution in [2.24, 2.45) is 11.7 Å². The number of hydrogen-bond acceptors (Lipinski definition) is 3. The van der Waals surface area contributed by atoms with Gasteiger partial charge >= 0.3 is 0 Å². The molecule has 1 unspecified atom stereocenters. The number of benzene rings is 1. The summed E-state index contributed by atoms with van der Waals surface area (Å²) in [6, 6.07) is 9.43. The Bertz CT molecular complexity index is 482. The Labute approximate surface area is 125 Å². The fourth-order valence-corrected chi connectivity index (χ4v) is 2.75. The van der Waals surface area contributed by atoms with E-state index in [2.05, 4.69) is 10.6 Å². The van der Waals surface area contributed by atoms with Crippen LogP contribution in [0.1, 0.15) is 32.6 Å². The van der Waals surface area contributed by atoms with Gasteiger partial charge in [-0.2, -0.15) is 0 Å². The minimum Gasteiger partial charge on any atom is -0.369 e. The number of primary amides is 1. The zero-order chi connectivity index (χ0) is 15.2. The minimum atomic E-state index is -0.264. The molecule has 0 heterocycles. The summed E-state index contributed by atoms with van der Waals surface area (Å²) in [7, 11) is 0. The van der Waals surface area contributed by atoms with Crippen LogP contribution in [0.15, 0.2) is 30.3 Å². The topological polar surface area (TPSA) is 84.2 Å². The van der Waals surface area contributed by atoms with Gasteiger partial charge < -0.3 is 16.4 Å². The molecule has 0 bridgehead atoms. The van der Waals surface area contributed by atoms with Crippen molar-refractivity contribution in [2.75, 3.05) is 5.32 Å². The van der Waals surface area contributed by atoms with Crippen molar-refractivity contribution in [3.05, 3.63) is 30.3 Å². The van der Waals surface area contributed by atoms with Gasteiger partial charge in [0.15, 0.2) is 0 Å². The molecule has 0 spiro atoms. The van der Waals surface area contributed by atoms with Crippen molar-refractivity contribution >= 4 is 17.5 Å². The van der Waals surface area contributed by atoms with E-state index in [4.69, 9.17) is 5.73 Å². The number of para-hydroxylation sites is 1. The van der Waals surface area contributed by atoms with Crippen molar-refractivity contribution in [2.45, 2.75) is 44.7 Å². The van der Waals surface area contributed by atoms with E-state index in [0.29, 0.717) is 0 Å². The van der Waals surface area contributed by atoms with Gasteiger partial charge in [0.2, 0.25) is 11.8 Å². The number of rotatable bonds is 5. The van der Waals surface area contributed by atoms with Crippen LogP contribution in [0, 0.1) is 5.92 Å². The number of carbonyl (C=O) groups is 2. The molecule has 1 aromatic carbocycles. The normalized spacial score (nSPS) is 23.3. The van der Waals surface area contributed by atoms with Crippen LogP contribution >= 0.6 is 0 Å². The molecule has 4 N–H and O–H groups in total. The highest BCUT2D eigenvalue weighted by Crippen LogP contribution is 2.24. The Balaban J connectivity index is 1.78. The van der Waals surface area contributed by atoms with Gasteiger partial charge in [-0.05, 0) is 44.7 Å². The van der Waals surface area contributed by atoms with E-state index >= 15 is 0 Å². The molecule has 5 heteroatoms. The lowest BCUT2D eigenvalue weighted by atomic mass is 9.85. The molecule has 1 fully saturated rings. The van der Waals surface area contributed by atoms with Gasteiger partial charge in [0.25, 0.3) is 0 Å². The first-order valence-electron chi connectivity index (χ1n) is 7.47. The van der Waals surface area contributed by atoms with Crippen LogP contribution in [-0.2, 0) is 9.59 Å². The van der Waals surface area contributed by atoms with E-state index < -0.39 is 0 Å². The fraction of sp³-hybridized carbons (Fsp3) is 0.500. The summed E-state index contributed by atoms with van der Waals surface area (Å²) in [4.78, 5) is 23.2. The SMILES string of the molecule is CC(NC1CCC(C(N)=O)CC1)C(=O)Nc1ccccc1. The van der Waals surface area contributed by atoms with Crippen LogP contribution < -0.4 is 16.4 Å². The lowest BCUT2D eigenvalue weighted by molar-refractivity contribution is -0.123. The first-order chi connectivity index (χ1) is 10.1. The average Bonchev–Trinajstić information content (AvgIpc) is 2.48. The quantitative estimate of drug-likeness (QED) is 0.770. The zero-order valence-electron chi connectivity index (χ0n) is 12.3. The number of nitrogens with two attached hydrogens (primary N) is 1. The summed E-state index contributed by atoms with van der Waals surface area (Å²) < 4.78 is 0. The molecule has 114 valence electrons. The third kappa shape index (κ3) is 4.56. The predicted molar refractivity (Wildman–Crippen MR) is 82.6 cm³/mol. The fourth-order valence-electron chi connectivity index (χ4n) is 2.75. The van der Waals surface area contributed by atoms with E-state index in [1.165, 1.54) is 0 Å². The number of anilines is 1. The van der Waals surface area contributed by atoms with Crippen LogP contribution in [0.25, 0.3) is 0 Å². The molecular formula is C16H23N3O2. The highest BCUT2D eigenvalue weighted by Gasteiger charge is 2.26. The monoisotopic (exact) mass is 289 g/mol. The van der Waals surface area contributed by atoms with Gasteiger partial charge in [0.1, 0.15) is 0 Å². The van der Waals surface area contributed by atoms with Gasteiger partial charge in [-0.3, -0.25) is 9.59 Å². The maximum absolute atomic E-state index is 12.1. The second kappa shape index (κ2) is 7.22. The van der Waals surface area contributed by atoms with E-state index in [0.717, 1.165) is 31.4 Å². The van der Waals surface area contributed by atoms with Crippen LogP contribution in [0.4, 0.5) is 5.69 Å². The molecule has 2 rings (SSSR count). The van der Waals surface area contributed by atoms with E-state index in [-0.39, 0.29) is 29.8 Å². The minimum absolute atomic E-state index is 0.00324. The van der Waals surface area contributed by atoms with E-state index in [9.17, 15) is 9.59 Å². The summed E-state index contributed by atoms with van der Waals surface area (Å²) in [6.07, 6.45) is 3.38. The average molecular weight is 289 g/mol. The molecule has 1 saturated carbocycles. The smallest absolute Gasteiger partial charge is 0.241 e. The largest absolute Gasteiger partial charge is 0.369 e. The van der Waals surface area contributed by atoms with Gasteiger partial charge in [0, 0.05) is 17.6 Å². The number of hydrogen-bond donors (Lipinski definition) is 3. The molecule has 1 aromatic rings. The molecule has 0 aliphatic heterocycles. The first-order valence-corrected chi connectivity index (χ1v) is 7.47. The summed E-state index contributed by atoms with van der Waals surface area (Å²) in [5.41, 5.74) is 6.12. The van der Waals surface area contributed by atoms with Crippen molar-refractivity contribution in [3.63, 3.8) is 0 Å². The second-order valence-corrected chi connectivity index (χ2v) is 5.69. The first kappa shape index (κ1) is 15.5. The molecule has 0 saturated heterocycles. The highest BCUT2D eigenvalue weighted by molar-refractivity contribution is 5.94. The van der Waals surface area contributed by atoms with Crippen LogP contribution in [0.2, 0.25) is 0 Å². The Kier molecular flexibility index (Phi) is 5.33. The lowest BCUT2D eigenvalue weighted by Gasteiger charge is -2.29. The lowest BCUT2D eigenvalue weighted by Crippen LogP contribution is -2.46. The summed E-state index contributed by atoms with van der Waals surface area (Å²) in [6.45, 7) is 1.86. The number of carbonyl (C=O) groups excluding carboxylic acids is 2. The van der Waals surface area contributed by atoms with Crippen molar-refractivity contribution in [1.82, 2.24) is 5.32 Å². The van der Waals surface area contributed by atoms with E-state index in [1.54, 1.807) is 0 Å². The standard InChI is InChI=1S/C16H23N3O2/c1-11(16(21)19-13-5-3-2-4-6-13)18-14-9-7-12(8-10-14)15(17)20/h2-6,11-12,14,18H,7-10H2,1H3,(H2,17,20)(H,19,21). The highest BCUT2D eigenvalue weighted by atomic mass is 16.2. The molecule has 0 aromatic heterocycles. The van der Waals surface area contributed by atoms with Crippen molar-refractivity contribution < 1.29 is 9.59 Å². The zero-order valence-corrected chi connectivity index (χ0v) is 12.3. The number of nitrogens with one attached hydrogen (secondary N) is 2. The van der Waals surface area contributed by atoms with Gasteiger partial charge in [-0.25, -0.2) is 0 Å². The maximum atomic E-state index is 12.1. The Morgan fingerprint density at radius 3 is 2.33 bits per heavy atom. The Hall–Kier alpha value is -1.88. The van der Waals surface area contributed by atoms with Crippen molar-refractivity contribution in [1.29, 1.82) is 0 Å². The second-order valence-electron chi connectivity index (χ2n) is 5.69. The van der Waals surface area contributed by atoms with Gasteiger partial charge in [-0.1, -0.05) is 18.2 Å². The molecule has 5 nitrogen and oxygen atoms in total. The third-order valence-corrected chi connectivity index (χ3v) is 4.05.